The summed E-state index contributed by atoms with van der Waals surface area (Å²) >= 11 is 0. The van der Waals surface area contributed by atoms with E-state index in [-0.39, 0.29) is 11.9 Å². The summed E-state index contributed by atoms with van der Waals surface area (Å²) in [6, 6.07) is 3.37. The van der Waals surface area contributed by atoms with Crippen molar-refractivity contribution in [3.8, 4) is 0 Å². The largest absolute Gasteiger partial charge is 0.348 e. The molecule has 116 valence electrons. The fourth-order valence-electron chi connectivity index (χ4n) is 2.58. The van der Waals surface area contributed by atoms with E-state index in [0.29, 0.717) is 12.1 Å². The van der Waals surface area contributed by atoms with Gasteiger partial charge in [-0.15, -0.1) is 0 Å². The molecule has 1 atom stereocenters. The number of rotatable bonds is 4. The first-order valence-electron chi connectivity index (χ1n) is 7.42. The van der Waals surface area contributed by atoms with Crippen LogP contribution in [-0.4, -0.2) is 30.4 Å². The van der Waals surface area contributed by atoms with E-state index in [9.17, 15) is 13.6 Å². The molecular weight excluding hydrogens is 274 g/mol. The van der Waals surface area contributed by atoms with Crippen LogP contribution in [-0.2, 0) is 4.79 Å². The van der Waals surface area contributed by atoms with Gasteiger partial charge in [0.2, 0.25) is 5.91 Å². The summed E-state index contributed by atoms with van der Waals surface area (Å²) in [6.45, 7) is 6.23. The molecule has 2 rings (SSSR count). The van der Waals surface area contributed by atoms with Crippen LogP contribution in [0.3, 0.4) is 0 Å². The number of amides is 1. The first kappa shape index (κ1) is 15.9. The highest BCUT2D eigenvalue weighted by molar-refractivity contribution is 5.78. The summed E-state index contributed by atoms with van der Waals surface area (Å²) in [5.74, 6) is -1.12. The maximum absolute atomic E-state index is 13.2. The molecule has 1 aliphatic rings. The van der Waals surface area contributed by atoms with Crippen LogP contribution in [0.1, 0.15) is 38.3 Å². The minimum atomic E-state index is -0.890. The van der Waals surface area contributed by atoms with Gasteiger partial charge in [0.25, 0.3) is 0 Å². The molecule has 1 unspecified atom stereocenters. The van der Waals surface area contributed by atoms with Crippen molar-refractivity contribution in [2.24, 2.45) is 5.92 Å². The molecule has 1 aliphatic heterocycles. The molecule has 0 radical (unpaired) electrons. The highest BCUT2D eigenvalue weighted by atomic mass is 19.2. The van der Waals surface area contributed by atoms with Gasteiger partial charge in [-0.3, -0.25) is 9.69 Å². The van der Waals surface area contributed by atoms with Crippen molar-refractivity contribution in [1.82, 2.24) is 10.2 Å². The Hall–Kier alpha value is -1.49. The number of nitrogens with zero attached hydrogens (tertiary/aromatic N) is 1. The highest BCUT2D eigenvalue weighted by Gasteiger charge is 2.19. The normalized spacial score (nSPS) is 18.5. The van der Waals surface area contributed by atoms with Crippen LogP contribution in [0, 0.1) is 17.6 Å². The maximum Gasteiger partial charge on any atom is 0.234 e. The minimum absolute atomic E-state index is 0.0817. The lowest BCUT2D eigenvalue weighted by molar-refractivity contribution is -0.123. The van der Waals surface area contributed by atoms with Crippen LogP contribution in [0.25, 0.3) is 0 Å². The number of benzene rings is 1. The second-order valence-corrected chi connectivity index (χ2v) is 5.92. The Morgan fingerprint density at radius 3 is 2.62 bits per heavy atom. The summed E-state index contributed by atoms with van der Waals surface area (Å²) in [7, 11) is 0. The van der Waals surface area contributed by atoms with Gasteiger partial charge in [-0.25, -0.2) is 8.78 Å². The molecule has 0 aliphatic carbocycles. The van der Waals surface area contributed by atoms with Crippen molar-refractivity contribution < 1.29 is 13.6 Å². The number of hydrogen-bond donors (Lipinski definition) is 1. The van der Waals surface area contributed by atoms with Gasteiger partial charge < -0.3 is 5.32 Å². The molecule has 3 nitrogen and oxygen atoms in total. The third kappa shape index (κ3) is 4.49. The second-order valence-electron chi connectivity index (χ2n) is 5.92. The number of nitrogens with one attached hydrogen (secondary N) is 1. The summed E-state index contributed by atoms with van der Waals surface area (Å²) in [6.07, 6.45) is 2.23. The highest BCUT2D eigenvalue weighted by Crippen LogP contribution is 2.17. The van der Waals surface area contributed by atoms with Crippen LogP contribution in [0.5, 0.6) is 0 Å². The van der Waals surface area contributed by atoms with Crippen molar-refractivity contribution >= 4 is 5.91 Å². The van der Waals surface area contributed by atoms with E-state index in [4.69, 9.17) is 0 Å². The number of hydrogen-bond acceptors (Lipinski definition) is 2. The van der Waals surface area contributed by atoms with Gasteiger partial charge in [-0.1, -0.05) is 13.0 Å². The lowest BCUT2D eigenvalue weighted by atomic mass is 9.99. The molecule has 1 heterocycles. The van der Waals surface area contributed by atoms with E-state index >= 15 is 0 Å². The zero-order valence-corrected chi connectivity index (χ0v) is 12.5. The molecule has 5 heteroatoms. The van der Waals surface area contributed by atoms with Crippen molar-refractivity contribution in [2.75, 3.05) is 19.6 Å². The lowest BCUT2D eigenvalue weighted by Gasteiger charge is -2.30. The Morgan fingerprint density at radius 2 is 2.00 bits per heavy atom. The summed E-state index contributed by atoms with van der Waals surface area (Å²) in [5.41, 5.74) is 0.564. The number of likely N-dealkylation sites (tertiary alicyclic amines) is 1. The first-order chi connectivity index (χ1) is 9.95. The lowest BCUT2D eigenvalue weighted by Crippen LogP contribution is -2.41. The predicted molar refractivity (Wildman–Crippen MR) is 77.8 cm³/mol. The minimum Gasteiger partial charge on any atom is -0.348 e. The Balaban J connectivity index is 1.85. The molecule has 0 spiro atoms. The van der Waals surface area contributed by atoms with Gasteiger partial charge in [0.1, 0.15) is 0 Å². The molecule has 0 saturated carbocycles. The van der Waals surface area contributed by atoms with Gasteiger partial charge in [-0.2, -0.15) is 0 Å². The Bertz CT molecular complexity index is 499. The average molecular weight is 296 g/mol. The van der Waals surface area contributed by atoms with E-state index in [2.05, 4.69) is 17.1 Å². The molecule has 1 fully saturated rings. The van der Waals surface area contributed by atoms with Crippen molar-refractivity contribution in [3.63, 3.8) is 0 Å². The monoisotopic (exact) mass is 296 g/mol. The zero-order valence-electron chi connectivity index (χ0n) is 12.5. The van der Waals surface area contributed by atoms with Crippen molar-refractivity contribution in [3.05, 3.63) is 35.4 Å². The molecule has 0 bridgehead atoms. The third-order valence-electron chi connectivity index (χ3n) is 4.06. The Kier molecular flexibility index (Phi) is 5.28. The van der Waals surface area contributed by atoms with E-state index in [1.807, 2.05) is 0 Å². The topological polar surface area (TPSA) is 32.3 Å². The van der Waals surface area contributed by atoms with Crippen LogP contribution < -0.4 is 5.32 Å². The number of carbonyl (C=O) groups excluding carboxylic acids is 1. The average Bonchev–Trinajstić information content (AvgIpc) is 2.44. The molecule has 1 N–H and O–H groups in total. The van der Waals surface area contributed by atoms with Crippen LogP contribution in [0.4, 0.5) is 8.78 Å². The van der Waals surface area contributed by atoms with Gasteiger partial charge in [0, 0.05) is 0 Å². The SMILES string of the molecule is CC1CCN(CC(=O)NC(C)c2ccc(F)c(F)c2)CC1. The summed E-state index contributed by atoms with van der Waals surface area (Å²) in [5, 5.41) is 2.83. The first-order valence-corrected chi connectivity index (χ1v) is 7.42. The smallest absolute Gasteiger partial charge is 0.234 e. The Labute approximate surface area is 124 Å². The predicted octanol–water partition coefficient (Wildman–Crippen LogP) is 2.87. The molecule has 1 amide bonds. The van der Waals surface area contributed by atoms with Crippen molar-refractivity contribution in [1.29, 1.82) is 0 Å². The zero-order chi connectivity index (χ0) is 15.4. The van der Waals surface area contributed by atoms with E-state index in [1.54, 1.807) is 6.92 Å². The molecule has 1 saturated heterocycles. The molecular formula is C16H22F2N2O. The molecule has 1 aromatic rings. The molecule has 21 heavy (non-hydrogen) atoms. The standard InChI is InChI=1S/C16H22F2N2O/c1-11-5-7-20(8-6-11)10-16(21)19-12(2)13-3-4-14(17)15(18)9-13/h3-4,9,11-12H,5-8,10H2,1-2H3,(H,19,21). The van der Waals surface area contributed by atoms with E-state index < -0.39 is 11.6 Å². The fraction of sp³-hybridized carbons (Fsp3) is 0.562. The fourth-order valence-corrected chi connectivity index (χ4v) is 2.58. The van der Waals surface area contributed by atoms with Gasteiger partial charge in [0.15, 0.2) is 11.6 Å². The van der Waals surface area contributed by atoms with Crippen LogP contribution >= 0.6 is 0 Å². The number of piperidine rings is 1. The maximum atomic E-state index is 13.2. The second kappa shape index (κ2) is 6.98. The van der Waals surface area contributed by atoms with Crippen molar-refractivity contribution in [2.45, 2.75) is 32.7 Å². The summed E-state index contributed by atoms with van der Waals surface area (Å²) < 4.78 is 26.1. The quantitative estimate of drug-likeness (QED) is 0.926. The summed E-state index contributed by atoms with van der Waals surface area (Å²) in [4.78, 5) is 14.1. The third-order valence-corrected chi connectivity index (χ3v) is 4.06. The van der Waals surface area contributed by atoms with E-state index in [0.717, 1.165) is 44.0 Å². The van der Waals surface area contributed by atoms with E-state index in [1.165, 1.54) is 6.07 Å². The number of carbonyl (C=O) groups is 1. The van der Waals surface area contributed by atoms with Gasteiger partial charge in [-0.05, 0) is 56.5 Å². The van der Waals surface area contributed by atoms with Gasteiger partial charge >= 0.3 is 0 Å². The van der Waals surface area contributed by atoms with Gasteiger partial charge in [0.05, 0.1) is 12.6 Å². The Morgan fingerprint density at radius 1 is 1.33 bits per heavy atom. The van der Waals surface area contributed by atoms with Crippen LogP contribution in [0.2, 0.25) is 0 Å². The number of halogens is 2. The molecule has 0 aromatic heterocycles. The molecule has 1 aromatic carbocycles. The van der Waals surface area contributed by atoms with Crippen LogP contribution in [0.15, 0.2) is 18.2 Å².